The molecule has 2 rings (SSSR count). The lowest BCUT2D eigenvalue weighted by molar-refractivity contribution is 0.0520. The second-order valence-corrected chi connectivity index (χ2v) is 4.23. The van der Waals surface area contributed by atoms with Crippen LogP contribution in [0, 0.1) is 6.92 Å². The van der Waals surface area contributed by atoms with Crippen LogP contribution in [0.1, 0.15) is 23.0 Å². The van der Waals surface area contributed by atoms with E-state index in [-0.39, 0.29) is 5.97 Å². The molecule has 0 spiro atoms. The molecule has 1 aromatic heterocycles. The SMILES string of the molecule is CCOC(=O)c1[nH]c2ccc(OC)c(Cl)c2c1C. The highest BCUT2D eigenvalue weighted by Gasteiger charge is 2.19. The Morgan fingerprint density at radius 3 is 2.78 bits per heavy atom. The van der Waals surface area contributed by atoms with Gasteiger partial charge in [-0.25, -0.2) is 4.79 Å². The van der Waals surface area contributed by atoms with E-state index < -0.39 is 0 Å². The Morgan fingerprint density at radius 1 is 1.44 bits per heavy atom. The van der Waals surface area contributed by atoms with Gasteiger partial charge in [0.15, 0.2) is 0 Å². The Bertz CT molecular complexity index is 604. The fourth-order valence-electron chi connectivity index (χ4n) is 1.95. The van der Waals surface area contributed by atoms with Gasteiger partial charge >= 0.3 is 5.97 Å². The zero-order valence-electron chi connectivity index (χ0n) is 10.5. The molecule has 2 aromatic rings. The lowest BCUT2D eigenvalue weighted by Crippen LogP contribution is -2.06. The quantitative estimate of drug-likeness (QED) is 0.868. The van der Waals surface area contributed by atoms with E-state index in [0.717, 1.165) is 16.5 Å². The maximum Gasteiger partial charge on any atom is 0.355 e. The van der Waals surface area contributed by atoms with Gasteiger partial charge in [0.25, 0.3) is 0 Å². The second kappa shape index (κ2) is 4.90. The lowest BCUT2D eigenvalue weighted by Gasteiger charge is -2.04. The number of carbonyl (C=O) groups excluding carboxylic acids is 1. The number of aromatic nitrogens is 1. The highest BCUT2D eigenvalue weighted by Crippen LogP contribution is 2.35. The van der Waals surface area contributed by atoms with Crippen LogP contribution in [0.25, 0.3) is 10.9 Å². The molecule has 1 aromatic carbocycles. The summed E-state index contributed by atoms with van der Waals surface area (Å²) in [6.07, 6.45) is 0. The minimum Gasteiger partial charge on any atom is -0.495 e. The largest absolute Gasteiger partial charge is 0.495 e. The zero-order chi connectivity index (χ0) is 13.3. The van der Waals surface area contributed by atoms with Crippen molar-refractivity contribution in [1.29, 1.82) is 0 Å². The van der Waals surface area contributed by atoms with Crippen molar-refractivity contribution in [2.24, 2.45) is 0 Å². The Labute approximate surface area is 110 Å². The first kappa shape index (κ1) is 12.8. The van der Waals surface area contributed by atoms with Crippen molar-refractivity contribution in [2.45, 2.75) is 13.8 Å². The van der Waals surface area contributed by atoms with Gasteiger partial charge in [-0.15, -0.1) is 0 Å². The van der Waals surface area contributed by atoms with Gasteiger partial charge in [-0.1, -0.05) is 11.6 Å². The summed E-state index contributed by atoms with van der Waals surface area (Å²) in [7, 11) is 1.56. The van der Waals surface area contributed by atoms with Crippen molar-refractivity contribution >= 4 is 28.5 Å². The van der Waals surface area contributed by atoms with Crippen molar-refractivity contribution in [3.05, 3.63) is 28.4 Å². The molecule has 0 aliphatic carbocycles. The van der Waals surface area contributed by atoms with Crippen molar-refractivity contribution in [3.8, 4) is 5.75 Å². The van der Waals surface area contributed by atoms with E-state index in [2.05, 4.69) is 4.98 Å². The summed E-state index contributed by atoms with van der Waals surface area (Å²) >= 11 is 6.24. The van der Waals surface area contributed by atoms with E-state index in [4.69, 9.17) is 21.1 Å². The minimum atomic E-state index is -0.374. The van der Waals surface area contributed by atoms with Gasteiger partial charge in [-0.3, -0.25) is 0 Å². The van der Waals surface area contributed by atoms with Crippen LogP contribution in [0.3, 0.4) is 0 Å². The topological polar surface area (TPSA) is 51.3 Å². The molecular formula is C13H14ClNO3. The number of methoxy groups -OCH3 is 1. The van der Waals surface area contributed by atoms with Crippen LogP contribution in [0.5, 0.6) is 5.75 Å². The molecule has 0 atom stereocenters. The van der Waals surface area contributed by atoms with E-state index in [0.29, 0.717) is 23.1 Å². The maximum absolute atomic E-state index is 11.8. The van der Waals surface area contributed by atoms with E-state index >= 15 is 0 Å². The monoisotopic (exact) mass is 267 g/mol. The number of fused-ring (bicyclic) bond motifs is 1. The Morgan fingerprint density at radius 2 is 2.17 bits per heavy atom. The molecule has 0 saturated carbocycles. The molecule has 0 amide bonds. The average Bonchev–Trinajstić information content (AvgIpc) is 2.68. The number of nitrogens with one attached hydrogen (secondary N) is 1. The van der Waals surface area contributed by atoms with E-state index in [1.54, 1.807) is 20.1 Å². The van der Waals surface area contributed by atoms with Crippen LogP contribution in [0.2, 0.25) is 5.02 Å². The maximum atomic E-state index is 11.8. The van der Waals surface area contributed by atoms with Crippen LogP contribution in [0.4, 0.5) is 0 Å². The number of halogens is 1. The molecule has 4 nitrogen and oxygen atoms in total. The molecule has 0 bridgehead atoms. The van der Waals surface area contributed by atoms with Gasteiger partial charge in [0.2, 0.25) is 0 Å². The highest BCUT2D eigenvalue weighted by molar-refractivity contribution is 6.37. The van der Waals surface area contributed by atoms with E-state index in [9.17, 15) is 4.79 Å². The second-order valence-electron chi connectivity index (χ2n) is 3.85. The number of benzene rings is 1. The highest BCUT2D eigenvalue weighted by atomic mass is 35.5. The molecule has 18 heavy (non-hydrogen) atoms. The first-order chi connectivity index (χ1) is 8.60. The fraction of sp³-hybridized carbons (Fsp3) is 0.308. The molecule has 5 heteroatoms. The third-order valence-corrected chi connectivity index (χ3v) is 3.19. The summed E-state index contributed by atoms with van der Waals surface area (Å²) < 4.78 is 10.2. The number of rotatable bonds is 3. The van der Waals surface area contributed by atoms with E-state index in [1.807, 2.05) is 13.0 Å². The van der Waals surface area contributed by atoms with Crippen LogP contribution in [-0.4, -0.2) is 24.7 Å². The van der Waals surface area contributed by atoms with Crippen LogP contribution >= 0.6 is 11.6 Å². The molecule has 0 fully saturated rings. The van der Waals surface area contributed by atoms with Gasteiger partial charge in [-0.05, 0) is 31.5 Å². The van der Waals surface area contributed by atoms with Crippen molar-refractivity contribution in [3.63, 3.8) is 0 Å². The smallest absolute Gasteiger partial charge is 0.355 e. The summed E-state index contributed by atoms with van der Waals surface area (Å²) in [5, 5.41) is 1.29. The van der Waals surface area contributed by atoms with Gasteiger partial charge in [0.05, 0.1) is 18.7 Å². The van der Waals surface area contributed by atoms with Crippen molar-refractivity contribution in [2.75, 3.05) is 13.7 Å². The van der Waals surface area contributed by atoms with Crippen LogP contribution < -0.4 is 4.74 Å². The number of ether oxygens (including phenoxy) is 2. The molecule has 0 unspecified atom stereocenters. The summed E-state index contributed by atoms with van der Waals surface area (Å²) in [5.41, 5.74) is 2.00. The molecule has 1 heterocycles. The predicted octanol–water partition coefficient (Wildman–Crippen LogP) is 3.32. The molecule has 0 radical (unpaired) electrons. The number of aromatic amines is 1. The van der Waals surface area contributed by atoms with Gasteiger partial charge < -0.3 is 14.5 Å². The van der Waals surface area contributed by atoms with Gasteiger partial charge in [-0.2, -0.15) is 0 Å². The molecule has 0 aliphatic heterocycles. The molecule has 0 aliphatic rings. The number of esters is 1. The van der Waals surface area contributed by atoms with E-state index in [1.165, 1.54) is 0 Å². The third kappa shape index (κ3) is 1.93. The number of H-pyrrole nitrogens is 1. The first-order valence-electron chi connectivity index (χ1n) is 5.62. The predicted molar refractivity (Wildman–Crippen MR) is 70.6 cm³/mol. The first-order valence-corrected chi connectivity index (χ1v) is 5.99. The Hall–Kier alpha value is -1.68. The zero-order valence-corrected chi connectivity index (χ0v) is 11.2. The number of hydrogen-bond acceptors (Lipinski definition) is 3. The summed E-state index contributed by atoms with van der Waals surface area (Å²) in [6, 6.07) is 3.59. The summed E-state index contributed by atoms with van der Waals surface area (Å²) in [4.78, 5) is 14.8. The summed E-state index contributed by atoms with van der Waals surface area (Å²) in [5.74, 6) is 0.211. The van der Waals surface area contributed by atoms with Gasteiger partial charge in [0, 0.05) is 10.9 Å². The van der Waals surface area contributed by atoms with Crippen LogP contribution in [0.15, 0.2) is 12.1 Å². The molecular weight excluding hydrogens is 254 g/mol. The number of hydrogen-bond donors (Lipinski definition) is 1. The third-order valence-electron chi connectivity index (χ3n) is 2.82. The normalized spacial score (nSPS) is 10.7. The molecule has 0 saturated heterocycles. The number of aryl methyl sites for hydroxylation is 1. The standard InChI is InChI=1S/C13H14ClNO3/c1-4-18-13(16)12-7(2)10-8(15-12)5-6-9(17-3)11(10)14/h5-6,15H,4H2,1-3H3. The van der Waals surface area contributed by atoms with Crippen molar-refractivity contribution < 1.29 is 14.3 Å². The molecule has 96 valence electrons. The average molecular weight is 268 g/mol. The lowest BCUT2D eigenvalue weighted by atomic mass is 10.1. The molecule has 1 N–H and O–H groups in total. The number of carbonyl (C=O) groups is 1. The Balaban J connectivity index is 2.63. The fourth-order valence-corrected chi connectivity index (χ4v) is 2.33. The van der Waals surface area contributed by atoms with Gasteiger partial charge in [0.1, 0.15) is 11.4 Å². The Kier molecular flexibility index (Phi) is 3.48. The minimum absolute atomic E-state index is 0.338. The van der Waals surface area contributed by atoms with Crippen molar-refractivity contribution in [1.82, 2.24) is 4.98 Å². The summed E-state index contributed by atoms with van der Waals surface area (Å²) in [6.45, 7) is 3.94. The van der Waals surface area contributed by atoms with Crippen LogP contribution in [-0.2, 0) is 4.74 Å².